The zero-order chi connectivity index (χ0) is 17.9. The van der Waals surface area contributed by atoms with Crippen molar-refractivity contribution in [2.45, 2.75) is 39.2 Å². The lowest BCUT2D eigenvalue weighted by Crippen LogP contribution is -2.37. The van der Waals surface area contributed by atoms with Crippen molar-refractivity contribution in [3.8, 4) is 0 Å². The molecule has 0 saturated carbocycles. The third kappa shape index (κ3) is 4.02. The van der Waals surface area contributed by atoms with Gasteiger partial charge in [0.25, 0.3) is 0 Å². The van der Waals surface area contributed by atoms with E-state index in [0.29, 0.717) is 11.8 Å². The molecule has 0 N–H and O–H groups in total. The van der Waals surface area contributed by atoms with Gasteiger partial charge in [-0.3, -0.25) is 4.90 Å². The molecule has 8 heteroatoms. The fraction of sp³-hybridized carbons (Fsp3) is 0.667. The Kier molecular flexibility index (Phi) is 5.12. The number of nitrogens with zero attached hydrogens (tertiary/aromatic N) is 6. The molecule has 0 unspecified atom stereocenters. The number of anilines is 1. The average molecular weight is 358 g/mol. The first kappa shape index (κ1) is 17.4. The molecule has 0 aromatic carbocycles. The molecule has 4 heterocycles. The zero-order valence-electron chi connectivity index (χ0n) is 15.5. The van der Waals surface area contributed by atoms with E-state index in [1.807, 2.05) is 13.8 Å². The maximum absolute atomic E-state index is 5.45. The normalized spacial score (nSPS) is 19.8. The smallest absolute Gasteiger partial charge is 0.223 e. The third-order valence-electron chi connectivity index (χ3n) is 5.12. The Bertz CT molecular complexity index is 735. The molecule has 0 amide bonds. The van der Waals surface area contributed by atoms with Crippen LogP contribution < -0.4 is 4.90 Å². The molecule has 0 radical (unpaired) electrons. The first-order valence-electron chi connectivity index (χ1n) is 9.37. The SMILES string of the molecule is Cc1nc(C2CCN(Cc3noc(C)n3)CC2)cc(N2CCOCC2)n1. The Morgan fingerprint density at radius 2 is 1.81 bits per heavy atom. The third-order valence-corrected chi connectivity index (χ3v) is 5.12. The second-order valence-corrected chi connectivity index (χ2v) is 7.08. The summed E-state index contributed by atoms with van der Waals surface area (Å²) in [5.41, 5.74) is 1.18. The fourth-order valence-corrected chi connectivity index (χ4v) is 3.73. The summed E-state index contributed by atoms with van der Waals surface area (Å²) in [5, 5.41) is 4.00. The molecule has 2 saturated heterocycles. The van der Waals surface area contributed by atoms with Crippen molar-refractivity contribution < 1.29 is 9.26 Å². The number of rotatable bonds is 4. The van der Waals surface area contributed by atoms with Gasteiger partial charge in [0.1, 0.15) is 11.6 Å². The summed E-state index contributed by atoms with van der Waals surface area (Å²) in [6, 6.07) is 2.18. The van der Waals surface area contributed by atoms with Gasteiger partial charge in [-0.15, -0.1) is 0 Å². The second-order valence-electron chi connectivity index (χ2n) is 7.08. The van der Waals surface area contributed by atoms with Crippen LogP contribution in [0.1, 0.15) is 42.0 Å². The van der Waals surface area contributed by atoms with Crippen LogP contribution in [0.2, 0.25) is 0 Å². The summed E-state index contributed by atoms with van der Waals surface area (Å²) in [7, 11) is 0. The molecule has 2 aromatic heterocycles. The molecule has 4 rings (SSSR count). The lowest BCUT2D eigenvalue weighted by Gasteiger charge is -2.32. The Labute approximate surface area is 153 Å². The minimum Gasteiger partial charge on any atom is -0.378 e. The average Bonchev–Trinajstić information content (AvgIpc) is 3.07. The number of aromatic nitrogens is 4. The zero-order valence-corrected chi connectivity index (χ0v) is 15.5. The van der Waals surface area contributed by atoms with E-state index in [9.17, 15) is 0 Å². The van der Waals surface area contributed by atoms with E-state index < -0.39 is 0 Å². The van der Waals surface area contributed by atoms with Crippen LogP contribution in [0.3, 0.4) is 0 Å². The van der Waals surface area contributed by atoms with E-state index in [2.05, 4.69) is 31.0 Å². The number of morpholine rings is 1. The number of aryl methyl sites for hydroxylation is 2. The van der Waals surface area contributed by atoms with Crippen molar-refractivity contribution in [2.24, 2.45) is 0 Å². The molecule has 0 bridgehead atoms. The van der Waals surface area contributed by atoms with Gasteiger partial charge >= 0.3 is 0 Å². The minimum atomic E-state index is 0.486. The fourth-order valence-electron chi connectivity index (χ4n) is 3.73. The standard InChI is InChI=1S/C18H26N6O2/c1-13-19-16(11-18(20-13)24-7-9-25-10-8-24)15-3-5-23(6-4-15)12-17-21-14(2)26-22-17/h11,15H,3-10,12H2,1-2H3. The van der Waals surface area contributed by atoms with Crippen molar-refractivity contribution in [1.82, 2.24) is 25.0 Å². The van der Waals surface area contributed by atoms with Crippen molar-refractivity contribution in [3.05, 3.63) is 29.3 Å². The maximum atomic E-state index is 5.45. The van der Waals surface area contributed by atoms with Crippen LogP contribution in [-0.4, -0.2) is 64.4 Å². The number of hydrogen-bond acceptors (Lipinski definition) is 8. The summed E-state index contributed by atoms with van der Waals surface area (Å²) in [6.45, 7) is 9.96. The van der Waals surface area contributed by atoms with Crippen molar-refractivity contribution in [1.29, 1.82) is 0 Å². The van der Waals surface area contributed by atoms with Crippen LogP contribution in [0.15, 0.2) is 10.6 Å². The van der Waals surface area contributed by atoms with Crippen LogP contribution in [0.4, 0.5) is 5.82 Å². The Balaban J connectivity index is 1.39. The van der Waals surface area contributed by atoms with E-state index in [-0.39, 0.29) is 0 Å². The highest BCUT2D eigenvalue weighted by atomic mass is 16.5. The first-order valence-corrected chi connectivity index (χ1v) is 9.37. The van der Waals surface area contributed by atoms with Gasteiger partial charge in [-0.25, -0.2) is 9.97 Å². The van der Waals surface area contributed by atoms with Gasteiger partial charge in [0.2, 0.25) is 5.89 Å². The van der Waals surface area contributed by atoms with E-state index in [4.69, 9.17) is 14.2 Å². The highest BCUT2D eigenvalue weighted by Gasteiger charge is 2.24. The molecule has 26 heavy (non-hydrogen) atoms. The predicted molar refractivity (Wildman–Crippen MR) is 96.1 cm³/mol. The van der Waals surface area contributed by atoms with Gasteiger partial charge in [0.15, 0.2) is 5.82 Å². The molecule has 0 aliphatic carbocycles. The molecule has 2 fully saturated rings. The highest BCUT2D eigenvalue weighted by molar-refractivity contribution is 5.41. The Morgan fingerprint density at radius 1 is 1.04 bits per heavy atom. The summed E-state index contributed by atoms with van der Waals surface area (Å²) >= 11 is 0. The van der Waals surface area contributed by atoms with Crippen molar-refractivity contribution in [3.63, 3.8) is 0 Å². The highest BCUT2D eigenvalue weighted by Crippen LogP contribution is 2.29. The number of likely N-dealkylation sites (tertiary alicyclic amines) is 1. The van der Waals surface area contributed by atoms with Crippen LogP contribution in [-0.2, 0) is 11.3 Å². The van der Waals surface area contributed by atoms with Gasteiger partial charge < -0.3 is 14.2 Å². The molecule has 140 valence electrons. The molecule has 2 aromatic rings. The van der Waals surface area contributed by atoms with Gasteiger partial charge in [0.05, 0.1) is 19.8 Å². The van der Waals surface area contributed by atoms with Gasteiger partial charge in [-0.05, 0) is 32.9 Å². The first-order chi connectivity index (χ1) is 12.7. The van der Waals surface area contributed by atoms with Crippen LogP contribution in [0.25, 0.3) is 0 Å². The lowest BCUT2D eigenvalue weighted by atomic mass is 9.93. The summed E-state index contributed by atoms with van der Waals surface area (Å²) in [6.07, 6.45) is 2.19. The molecule has 2 aliphatic heterocycles. The van der Waals surface area contributed by atoms with E-state index in [1.54, 1.807) is 0 Å². The molecular weight excluding hydrogens is 332 g/mol. The predicted octanol–water partition coefficient (Wildman–Crippen LogP) is 1.69. The van der Waals surface area contributed by atoms with Crippen LogP contribution >= 0.6 is 0 Å². The molecule has 2 aliphatic rings. The van der Waals surface area contributed by atoms with Crippen LogP contribution in [0.5, 0.6) is 0 Å². The Morgan fingerprint density at radius 3 is 2.50 bits per heavy atom. The molecule has 8 nitrogen and oxygen atoms in total. The molecule has 0 atom stereocenters. The second kappa shape index (κ2) is 7.67. The monoisotopic (exact) mass is 358 g/mol. The quantitative estimate of drug-likeness (QED) is 0.817. The lowest BCUT2D eigenvalue weighted by molar-refractivity contribution is 0.122. The van der Waals surface area contributed by atoms with Crippen molar-refractivity contribution in [2.75, 3.05) is 44.3 Å². The van der Waals surface area contributed by atoms with E-state index in [0.717, 1.165) is 76.2 Å². The molecular formula is C18H26N6O2. The van der Waals surface area contributed by atoms with Gasteiger partial charge in [-0.2, -0.15) is 4.98 Å². The van der Waals surface area contributed by atoms with Crippen LogP contribution in [0, 0.1) is 13.8 Å². The summed E-state index contributed by atoms with van der Waals surface area (Å²) < 4.78 is 10.5. The minimum absolute atomic E-state index is 0.486. The van der Waals surface area contributed by atoms with E-state index >= 15 is 0 Å². The van der Waals surface area contributed by atoms with Crippen molar-refractivity contribution >= 4 is 5.82 Å². The number of ether oxygens (including phenoxy) is 1. The molecule has 0 spiro atoms. The van der Waals surface area contributed by atoms with E-state index in [1.165, 1.54) is 5.69 Å². The number of piperidine rings is 1. The van der Waals surface area contributed by atoms with Gasteiger partial charge in [0, 0.05) is 37.7 Å². The largest absolute Gasteiger partial charge is 0.378 e. The summed E-state index contributed by atoms with van der Waals surface area (Å²) in [4.78, 5) is 18.4. The Hall–Kier alpha value is -2.06. The summed E-state index contributed by atoms with van der Waals surface area (Å²) in [5.74, 6) is 3.78. The number of hydrogen-bond donors (Lipinski definition) is 0. The maximum Gasteiger partial charge on any atom is 0.223 e. The topological polar surface area (TPSA) is 80.4 Å². The van der Waals surface area contributed by atoms with Gasteiger partial charge in [-0.1, -0.05) is 5.16 Å².